The molecular formula is C28H43F. The Kier molecular flexibility index (Phi) is 9.28. The first-order valence-corrected chi connectivity index (χ1v) is 12.6. The minimum Gasteiger partial charge on any atom is -0.207 e. The van der Waals surface area contributed by atoms with Gasteiger partial charge in [0.15, 0.2) is 0 Å². The summed E-state index contributed by atoms with van der Waals surface area (Å²) in [5.41, 5.74) is 3.67. The highest BCUT2D eigenvalue weighted by molar-refractivity contribution is 5.25. The van der Waals surface area contributed by atoms with Crippen molar-refractivity contribution in [3.8, 4) is 0 Å². The molecule has 2 aliphatic carbocycles. The molecule has 1 unspecified atom stereocenters. The Hall–Kier alpha value is -1.11. The van der Waals surface area contributed by atoms with Gasteiger partial charge in [0.25, 0.3) is 0 Å². The minimum atomic E-state index is 0.00294. The number of hydrogen-bond donors (Lipinski definition) is 0. The lowest BCUT2D eigenvalue weighted by Gasteiger charge is -2.35. The number of unbranched alkanes of at least 4 members (excludes halogenated alkanes) is 2. The summed E-state index contributed by atoms with van der Waals surface area (Å²) in [5.74, 6) is 2.94. The number of benzene rings is 1. The molecule has 0 nitrogen and oxygen atoms in total. The molecule has 1 saturated carbocycles. The zero-order chi connectivity index (χ0) is 20.5. The van der Waals surface area contributed by atoms with Gasteiger partial charge >= 0.3 is 0 Å². The number of hydrogen-bond acceptors (Lipinski definition) is 0. The van der Waals surface area contributed by atoms with Crippen LogP contribution in [0.15, 0.2) is 29.8 Å². The molecule has 0 aromatic heterocycles. The molecule has 2 aliphatic rings. The summed E-state index contributed by atoms with van der Waals surface area (Å²) < 4.78 is 14.3. The van der Waals surface area contributed by atoms with E-state index in [2.05, 4.69) is 26.0 Å². The maximum Gasteiger partial charge on any atom is 0.126 e. The van der Waals surface area contributed by atoms with Crippen molar-refractivity contribution >= 4 is 0 Å². The van der Waals surface area contributed by atoms with Crippen LogP contribution in [0.25, 0.3) is 0 Å². The van der Waals surface area contributed by atoms with Crippen LogP contribution in [0, 0.1) is 23.6 Å². The topological polar surface area (TPSA) is 0 Å². The lowest BCUT2D eigenvalue weighted by molar-refractivity contribution is 0.185. The largest absolute Gasteiger partial charge is 0.207 e. The molecule has 162 valence electrons. The molecule has 1 aromatic rings. The normalized spacial score (nSPS) is 25.1. The van der Waals surface area contributed by atoms with Gasteiger partial charge in [-0.1, -0.05) is 76.2 Å². The minimum absolute atomic E-state index is 0.00294. The third-order valence-electron chi connectivity index (χ3n) is 7.72. The molecule has 0 heterocycles. The van der Waals surface area contributed by atoms with Crippen molar-refractivity contribution < 1.29 is 4.39 Å². The van der Waals surface area contributed by atoms with E-state index in [0.717, 1.165) is 61.0 Å². The first-order valence-electron chi connectivity index (χ1n) is 12.6. The molecule has 0 aliphatic heterocycles. The molecule has 0 saturated heterocycles. The molecule has 0 amide bonds. The summed E-state index contributed by atoms with van der Waals surface area (Å²) >= 11 is 0. The fraction of sp³-hybridized carbons (Fsp3) is 0.714. The van der Waals surface area contributed by atoms with Gasteiger partial charge in [0.05, 0.1) is 0 Å². The molecule has 0 bridgehead atoms. The quantitative estimate of drug-likeness (QED) is 0.345. The fourth-order valence-corrected chi connectivity index (χ4v) is 5.63. The lowest BCUT2D eigenvalue weighted by atomic mass is 9.70. The molecular weight excluding hydrogens is 355 g/mol. The number of halogens is 1. The van der Waals surface area contributed by atoms with Crippen molar-refractivity contribution in [1.82, 2.24) is 0 Å². The van der Waals surface area contributed by atoms with Crippen LogP contribution in [0.1, 0.15) is 108 Å². The smallest absolute Gasteiger partial charge is 0.126 e. The molecule has 1 heteroatoms. The van der Waals surface area contributed by atoms with E-state index >= 15 is 0 Å². The molecule has 0 spiro atoms. The van der Waals surface area contributed by atoms with Gasteiger partial charge in [-0.25, -0.2) is 4.39 Å². The van der Waals surface area contributed by atoms with E-state index in [1.165, 1.54) is 64.2 Å². The van der Waals surface area contributed by atoms with Crippen molar-refractivity contribution in [1.29, 1.82) is 0 Å². The Morgan fingerprint density at radius 1 is 0.862 bits per heavy atom. The predicted molar refractivity (Wildman–Crippen MR) is 124 cm³/mol. The van der Waals surface area contributed by atoms with E-state index < -0.39 is 0 Å². The van der Waals surface area contributed by atoms with Crippen molar-refractivity contribution in [3.05, 3.63) is 46.8 Å². The van der Waals surface area contributed by atoms with Gasteiger partial charge in [-0.05, 0) is 92.7 Å². The van der Waals surface area contributed by atoms with Gasteiger partial charge in [0.2, 0.25) is 0 Å². The number of aryl methyl sites for hydroxylation is 2. The third-order valence-corrected chi connectivity index (χ3v) is 7.72. The second-order valence-corrected chi connectivity index (χ2v) is 9.85. The van der Waals surface area contributed by atoms with Crippen molar-refractivity contribution in [2.45, 2.75) is 110 Å². The highest BCUT2D eigenvalue weighted by Gasteiger charge is 2.28. The maximum absolute atomic E-state index is 14.3. The zero-order valence-electron chi connectivity index (χ0n) is 19.0. The van der Waals surface area contributed by atoms with Gasteiger partial charge in [0, 0.05) is 0 Å². The fourth-order valence-electron chi connectivity index (χ4n) is 5.63. The standard InChI is InChI=1S/C28H43F/c1-3-5-7-22-11-16-25(17-12-22)26-18-13-23(14-19-26)9-10-24-15-20-27(8-6-4-2)28(29)21-24/h13,15,20-22,25-26H,3-12,14,16-19H2,1-2H3/t22-,25-,26?. The molecule has 1 fully saturated rings. The van der Waals surface area contributed by atoms with Crippen molar-refractivity contribution in [2.24, 2.45) is 17.8 Å². The van der Waals surface area contributed by atoms with Crippen LogP contribution in [0.4, 0.5) is 4.39 Å². The molecule has 0 radical (unpaired) electrons. The molecule has 0 N–H and O–H groups in total. The van der Waals surface area contributed by atoms with Crippen LogP contribution in [-0.2, 0) is 12.8 Å². The highest BCUT2D eigenvalue weighted by Crippen LogP contribution is 2.41. The van der Waals surface area contributed by atoms with Crippen LogP contribution in [-0.4, -0.2) is 0 Å². The Labute approximate surface area is 179 Å². The van der Waals surface area contributed by atoms with Gasteiger partial charge in [0.1, 0.15) is 5.82 Å². The summed E-state index contributed by atoms with van der Waals surface area (Å²) in [6.45, 7) is 4.48. The van der Waals surface area contributed by atoms with Crippen molar-refractivity contribution in [3.63, 3.8) is 0 Å². The van der Waals surface area contributed by atoms with Crippen LogP contribution in [0.3, 0.4) is 0 Å². The highest BCUT2D eigenvalue weighted by atomic mass is 19.1. The molecule has 1 aromatic carbocycles. The first-order chi connectivity index (χ1) is 14.2. The Bertz CT molecular complexity index is 636. The van der Waals surface area contributed by atoms with E-state index in [-0.39, 0.29) is 5.82 Å². The second kappa shape index (κ2) is 11.9. The summed E-state index contributed by atoms with van der Waals surface area (Å²) in [6.07, 6.45) is 21.9. The monoisotopic (exact) mass is 398 g/mol. The van der Waals surface area contributed by atoms with Gasteiger partial charge in [-0.2, -0.15) is 0 Å². The van der Waals surface area contributed by atoms with Gasteiger partial charge in [-0.15, -0.1) is 0 Å². The Morgan fingerprint density at radius 3 is 2.31 bits per heavy atom. The third kappa shape index (κ3) is 6.97. The average molecular weight is 399 g/mol. The zero-order valence-corrected chi connectivity index (χ0v) is 19.0. The van der Waals surface area contributed by atoms with E-state index in [0.29, 0.717) is 0 Å². The van der Waals surface area contributed by atoms with Gasteiger partial charge in [-0.3, -0.25) is 0 Å². The maximum atomic E-state index is 14.3. The van der Waals surface area contributed by atoms with E-state index in [1.807, 2.05) is 6.07 Å². The first kappa shape index (κ1) is 22.6. The molecule has 29 heavy (non-hydrogen) atoms. The average Bonchev–Trinajstić information content (AvgIpc) is 2.76. The predicted octanol–water partition coefficient (Wildman–Crippen LogP) is 8.82. The van der Waals surface area contributed by atoms with E-state index in [1.54, 1.807) is 11.6 Å². The Morgan fingerprint density at radius 2 is 1.66 bits per heavy atom. The summed E-state index contributed by atoms with van der Waals surface area (Å²) in [6, 6.07) is 5.95. The number of allylic oxidation sites excluding steroid dienone is 2. The van der Waals surface area contributed by atoms with E-state index in [9.17, 15) is 4.39 Å². The molecule has 3 rings (SSSR count). The van der Waals surface area contributed by atoms with Crippen LogP contribution in [0.2, 0.25) is 0 Å². The lowest BCUT2D eigenvalue weighted by Crippen LogP contribution is -2.23. The SMILES string of the molecule is CCCCc1ccc(CCC2=CCC([C@H]3CC[C@H](CCCC)CC3)CC2)cc1F. The Balaban J connectivity index is 1.41. The number of rotatable bonds is 10. The molecule has 1 atom stereocenters. The second-order valence-electron chi connectivity index (χ2n) is 9.85. The van der Waals surface area contributed by atoms with Crippen LogP contribution in [0.5, 0.6) is 0 Å². The van der Waals surface area contributed by atoms with Gasteiger partial charge < -0.3 is 0 Å². The summed E-state index contributed by atoms with van der Waals surface area (Å²) in [5, 5.41) is 0. The van der Waals surface area contributed by atoms with E-state index in [4.69, 9.17) is 0 Å². The van der Waals surface area contributed by atoms with Crippen molar-refractivity contribution in [2.75, 3.05) is 0 Å². The summed E-state index contributed by atoms with van der Waals surface area (Å²) in [7, 11) is 0. The summed E-state index contributed by atoms with van der Waals surface area (Å²) in [4.78, 5) is 0. The van der Waals surface area contributed by atoms with Crippen LogP contribution < -0.4 is 0 Å². The van der Waals surface area contributed by atoms with Crippen LogP contribution >= 0.6 is 0 Å².